The van der Waals surface area contributed by atoms with Gasteiger partial charge in [0.05, 0.1) is 27.9 Å². The Kier molecular flexibility index (Phi) is 8.46. The van der Waals surface area contributed by atoms with E-state index in [1.165, 1.54) is 43.6 Å². The lowest BCUT2D eigenvalue weighted by atomic mass is 10.2. The van der Waals surface area contributed by atoms with E-state index in [1.54, 1.807) is 0 Å². The maximum Gasteiger partial charge on any atom is 0.138 e. The summed E-state index contributed by atoms with van der Waals surface area (Å²) in [6.07, 6.45) is 0. The molecule has 1 unspecified atom stereocenters. The molecular formula is C46H34N5P. The molecule has 0 aliphatic rings. The van der Waals surface area contributed by atoms with Crippen molar-refractivity contribution in [3.63, 3.8) is 0 Å². The van der Waals surface area contributed by atoms with Gasteiger partial charge in [0.15, 0.2) is 0 Å². The monoisotopic (exact) mass is 687 g/mol. The van der Waals surface area contributed by atoms with Gasteiger partial charge >= 0.3 is 0 Å². The van der Waals surface area contributed by atoms with Gasteiger partial charge in [-0.15, -0.1) is 0 Å². The number of benzene rings is 6. The molecule has 0 saturated heterocycles. The zero-order valence-corrected chi connectivity index (χ0v) is 29.3. The lowest BCUT2D eigenvalue weighted by Gasteiger charge is -2.24. The minimum absolute atomic E-state index is 0.365. The molecule has 0 spiro atoms. The third-order valence-electron chi connectivity index (χ3n) is 9.22. The molecule has 0 saturated carbocycles. The Labute approximate surface area is 303 Å². The molecule has 0 bridgehead atoms. The van der Waals surface area contributed by atoms with E-state index in [2.05, 4.69) is 178 Å². The second-order valence-corrected chi connectivity index (χ2v) is 13.7. The van der Waals surface area contributed by atoms with Crippen LogP contribution in [-0.2, 0) is 0 Å². The smallest absolute Gasteiger partial charge is 0.138 e. The maximum atomic E-state index is 5.09. The Hall–Kier alpha value is -6.55. The number of hydrogen-bond acceptors (Lipinski definition) is 3. The van der Waals surface area contributed by atoms with Crippen molar-refractivity contribution in [2.24, 2.45) is 0 Å². The zero-order valence-electron chi connectivity index (χ0n) is 28.3. The molecule has 6 aromatic carbocycles. The second-order valence-electron chi connectivity index (χ2n) is 12.5. The van der Waals surface area contributed by atoms with Gasteiger partial charge in [-0.2, -0.15) is 0 Å². The topological polar surface area (TPSA) is 49.7 Å². The number of H-pyrrole nitrogens is 1. The number of anilines is 3. The summed E-state index contributed by atoms with van der Waals surface area (Å²) in [6, 6.07) is 67.0. The van der Waals surface area contributed by atoms with Crippen molar-refractivity contribution in [3.8, 4) is 11.4 Å². The molecule has 1 atom stereocenters. The van der Waals surface area contributed by atoms with E-state index in [9.17, 15) is 0 Å². The molecule has 0 fully saturated rings. The number of hydrogen-bond donors (Lipinski definition) is 1. The van der Waals surface area contributed by atoms with Crippen LogP contribution in [0.2, 0.25) is 0 Å². The van der Waals surface area contributed by atoms with Gasteiger partial charge in [-0.1, -0.05) is 121 Å². The highest BCUT2D eigenvalue weighted by Crippen LogP contribution is 2.36. The van der Waals surface area contributed by atoms with Crippen LogP contribution >= 0.6 is 8.73 Å². The maximum absolute atomic E-state index is 5.09. The molecule has 10 rings (SSSR count). The molecular weight excluding hydrogens is 654 g/mol. The number of nitrogens with zero attached hydrogens (tertiary/aromatic N) is 4. The zero-order chi connectivity index (χ0) is 34.7. The molecule has 6 heteroatoms. The summed E-state index contributed by atoms with van der Waals surface area (Å²) >= 11 is 0. The van der Waals surface area contributed by atoms with Crippen LogP contribution in [0.15, 0.2) is 194 Å². The van der Waals surface area contributed by atoms with Gasteiger partial charge in [-0.3, -0.25) is 4.90 Å². The molecule has 248 valence electrons. The number of rotatable bonds is 6. The molecule has 4 aromatic heterocycles. The van der Waals surface area contributed by atoms with Crippen molar-refractivity contribution in [3.05, 3.63) is 194 Å². The van der Waals surface area contributed by atoms with Crippen LogP contribution in [0.4, 0.5) is 17.2 Å². The lowest BCUT2D eigenvalue weighted by Crippen LogP contribution is -2.12. The Morgan fingerprint density at radius 3 is 1.44 bits per heavy atom. The Morgan fingerprint density at radius 1 is 0.404 bits per heavy atom. The third kappa shape index (κ3) is 6.08. The van der Waals surface area contributed by atoms with Crippen LogP contribution in [0.25, 0.3) is 55.0 Å². The molecule has 5 nitrogen and oxygen atoms in total. The number of fused-ring (bicyclic) bond motifs is 6. The van der Waals surface area contributed by atoms with Crippen LogP contribution in [0, 0.1) is 0 Å². The standard InChI is InChI=1S/C34H25N4P.C12H9N/c1-3-13-25(14-4-1)37(26-15-5-2-6-16-26)33-23-11-19-29(35-33)30-20-12-24-34(36-30)39-38-31-21-9-7-17-27(31)28-18-8-10-22-32(28)38;1-3-7-11-9(5-1)10-6-2-4-8-12(10)13-11/h1-24,39H;1-8,13H. The second kappa shape index (κ2) is 14.0. The summed E-state index contributed by atoms with van der Waals surface area (Å²) in [5, 5.41) is 5.15. The highest BCUT2D eigenvalue weighted by molar-refractivity contribution is 7.45. The van der Waals surface area contributed by atoms with Crippen LogP contribution in [0.1, 0.15) is 0 Å². The molecule has 4 heterocycles. The van der Waals surface area contributed by atoms with E-state index in [1.807, 2.05) is 30.3 Å². The minimum Gasteiger partial charge on any atom is -0.355 e. The van der Waals surface area contributed by atoms with Crippen LogP contribution in [0.5, 0.6) is 0 Å². The summed E-state index contributed by atoms with van der Waals surface area (Å²) in [6.45, 7) is 0. The third-order valence-corrected chi connectivity index (χ3v) is 10.4. The Bertz CT molecular complexity index is 2650. The predicted octanol–water partition coefficient (Wildman–Crippen LogP) is 11.8. The number of pyridine rings is 2. The fourth-order valence-electron chi connectivity index (χ4n) is 6.85. The van der Waals surface area contributed by atoms with Crippen molar-refractivity contribution >= 4 is 75.0 Å². The summed E-state index contributed by atoms with van der Waals surface area (Å²) in [4.78, 5) is 15.7. The first-order valence-electron chi connectivity index (χ1n) is 17.4. The SMILES string of the molecule is c1ccc(N(c2ccccc2)c2cccc(-c3cccc(Pn4c5ccccc5c5ccccc54)n3)n2)cc1.c1ccc2c(c1)[nH]c1ccccc12. The van der Waals surface area contributed by atoms with Crippen LogP contribution < -0.4 is 10.3 Å². The van der Waals surface area contributed by atoms with E-state index in [0.717, 1.165) is 34.0 Å². The van der Waals surface area contributed by atoms with Gasteiger partial charge in [0.1, 0.15) is 5.82 Å². The van der Waals surface area contributed by atoms with Gasteiger partial charge in [0.2, 0.25) is 0 Å². The highest BCUT2D eigenvalue weighted by Gasteiger charge is 2.15. The molecule has 10 aromatic rings. The summed E-state index contributed by atoms with van der Waals surface area (Å²) in [5.74, 6) is 0.849. The van der Waals surface area contributed by atoms with Gasteiger partial charge in [0.25, 0.3) is 0 Å². The first kappa shape index (κ1) is 31.4. The Balaban J connectivity index is 0.000000231. The molecule has 0 amide bonds. The van der Waals surface area contributed by atoms with Crippen molar-refractivity contribution in [1.29, 1.82) is 0 Å². The minimum atomic E-state index is 0.365. The number of nitrogens with one attached hydrogen (secondary N) is 1. The number of para-hydroxylation sites is 6. The summed E-state index contributed by atoms with van der Waals surface area (Å²) < 4.78 is 2.38. The van der Waals surface area contributed by atoms with Gasteiger partial charge in [0, 0.05) is 52.7 Å². The fourth-order valence-corrected chi connectivity index (χ4v) is 8.06. The quantitative estimate of drug-likeness (QED) is 0.177. The summed E-state index contributed by atoms with van der Waals surface area (Å²) in [5.41, 5.74) is 9.73. The largest absolute Gasteiger partial charge is 0.355 e. The van der Waals surface area contributed by atoms with Crippen molar-refractivity contribution in [1.82, 2.24) is 19.3 Å². The number of aromatic amines is 1. The van der Waals surface area contributed by atoms with Crippen LogP contribution in [0.3, 0.4) is 0 Å². The van der Waals surface area contributed by atoms with Gasteiger partial charge in [-0.05, 0) is 72.8 Å². The first-order valence-corrected chi connectivity index (χ1v) is 18.3. The van der Waals surface area contributed by atoms with Crippen LogP contribution in [-0.4, -0.2) is 19.3 Å². The van der Waals surface area contributed by atoms with Gasteiger partial charge < -0.3 is 9.32 Å². The first-order chi connectivity index (χ1) is 25.8. The lowest BCUT2D eigenvalue weighted by molar-refractivity contribution is 1.17. The van der Waals surface area contributed by atoms with Crippen molar-refractivity contribution in [2.75, 3.05) is 4.90 Å². The highest BCUT2D eigenvalue weighted by atomic mass is 31.1. The molecule has 0 aliphatic heterocycles. The number of aromatic nitrogens is 4. The fraction of sp³-hybridized carbons (Fsp3) is 0. The molecule has 0 radical (unpaired) electrons. The average molecular weight is 688 g/mol. The van der Waals surface area contributed by atoms with Crippen molar-refractivity contribution < 1.29 is 0 Å². The Morgan fingerprint density at radius 2 is 0.865 bits per heavy atom. The van der Waals surface area contributed by atoms with E-state index in [4.69, 9.17) is 9.97 Å². The van der Waals surface area contributed by atoms with E-state index < -0.39 is 0 Å². The molecule has 1 N–H and O–H groups in total. The van der Waals surface area contributed by atoms with Gasteiger partial charge in [-0.25, -0.2) is 9.97 Å². The molecule has 0 aliphatic carbocycles. The van der Waals surface area contributed by atoms with E-state index in [0.29, 0.717) is 8.73 Å². The average Bonchev–Trinajstić information content (AvgIpc) is 3.75. The van der Waals surface area contributed by atoms with Crippen molar-refractivity contribution in [2.45, 2.75) is 0 Å². The summed E-state index contributed by atoms with van der Waals surface area (Å²) in [7, 11) is 0.365. The predicted molar refractivity (Wildman–Crippen MR) is 221 cm³/mol. The molecule has 52 heavy (non-hydrogen) atoms. The van der Waals surface area contributed by atoms with E-state index >= 15 is 0 Å². The van der Waals surface area contributed by atoms with E-state index in [-0.39, 0.29) is 0 Å². The normalized spacial score (nSPS) is 11.4.